The Morgan fingerprint density at radius 1 is 1.22 bits per heavy atom. The van der Waals surface area contributed by atoms with Crippen molar-refractivity contribution < 1.29 is 4.79 Å². The monoisotopic (exact) mass is 312 g/mol. The minimum absolute atomic E-state index is 0.205. The topological polar surface area (TPSA) is 58.1 Å². The highest BCUT2D eigenvalue weighted by Crippen LogP contribution is 2.09. The molecule has 5 heteroatoms. The number of benzene rings is 1. The number of hydrogen-bond donors (Lipinski definition) is 1. The fourth-order valence-corrected chi connectivity index (χ4v) is 2.22. The van der Waals surface area contributed by atoms with Gasteiger partial charge in [0.05, 0.1) is 12.4 Å². The molecule has 5 nitrogen and oxygen atoms in total. The van der Waals surface area contributed by atoms with Crippen molar-refractivity contribution in [1.29, 1.82) is 0 Å². The summed E-state index contributed by atoms with van der Waals surface area (Å²) in [6.45, 7) is 5.61. The second-order valence-electron chi connectivity index (χ2n) is 5.64. The molecular formula is C18H24N4O. The third-order valence-corrected chi connectivity index (χ3v) is 3.81. The molecule has 0 saturated carbocycles. The van der Waals surface area contributed by atoms with Crippen LogP contribution in [0.1, 0.15) is 41.4 Å². The Kier molecular flexibility index (Phi) is 6.09. The summed E-state index contributed by atoms with van der Waals surface area (Å²) in [5.74, 6) is 0.581. The number of rotatable bonds is 7. The number of nitrogens with one attached hydrogen (secondary N) is 1. The molecule has 2 aromatic rings. The fraction of sp³-hybridized carbons (Fsp3) is 0.389. The van der Waals surface area contributed by atoms with Crippen LogP contribution in [0, 0.1) is 6.92 Å². The molecule has 0 fully saturated rings. The molecule has 1 aromatic heterocycles. The molecule has 1 N–H and O–H groups in total. The molecule has 0 bridgehead atoms. The van der Waals surface area contributed by atoms with Crippen molar-refractivity contribution in [1.82, 2.24) is 15.3 Å². The molecule has 0 aliphatic rings. The maximum atomic E-state index is 12.2. The number of carbonyl (C=O) groups excluding carboxylic acids is 1. The molecule has 122 valence electrons. The Labute approximate surface area is 137 Å². The number of nitrogens with zero attached hydrogens (tertiary/aromatic N) is 3. The van der Waals surface area contributed by atoms with Gasteiger partial charge in [0.2, 0.25) is 0 Å². The van der Waals surface area contributed by atoms with E-state index >= 15 is 0 Å². The molecule has 0 atom stereocenters. The SMILES string of the molecule is CCCCN(C)c1cnc(C(=O)NCc2ccccc2C)cn1. The highest BCUT2D eigenvalue weighted by Gasteiger charge is 2.09. The largest absolute Gasteiger partial charge is 0.358 e. The molecular weight excluding hydrogens is 288 g/mol. The van der Waals surface area contributed by atoms with Gasteiger partial charge in [-0.25, -0.2) is 9.97 Å². The van der Waals surface area contributed by atoms with Gasteiger partial charge in [-0.3, -0.25) is 4.79 Å². The van der Waals surface area contributed by atoms with E-state index in [0.29, 0.717) is 12.2 Å². The summed E-state index contributed by atoms with van der Waals surface area (Å²) in [5, 5.41) is 2.88. The predicted octanol–water partition coefficient (Wildman–Crippen LogP) is 2.95. The molecule has 1 amide bonds. The van der Waals surface area contributed by atoms with Gasteiger partial charge in [-0.2, -0.15) is 0 Å². The Bertz CT molecular complexity index is 640. The van der Waals surface area contributed by atoms with Crippen LogP contribution in [0.4, 0.5) is 5.82 Å². The summed E-state index contributed by atoms with van der Waals surface area (Å²) in [6, 6.07) is 7.99. The first-order valence-electron chi connectivity index (χ1n) is 7.97. The quantitative estimate of drug-likeness (QED) is 0.854. The van der Waals surface area contributed by atoms with Crippen LogP contribution in [-0.4, -0.2) is 29.5 Å². The summed E-state index contributed by atoms with van der Waals surface area (Å²) in [6.07, 6.45) is 5.43. The van der Waals surface area contributed by atoms with Gasteiger partial charge in [0, 0.05) is 20.1 Å². The molecule has 0 unspecified atom stereocenters. The Morgan fingerprint density at radius 2 is 2.00 bits per heavy atom. The normalized spacial score (nSPS) is 10.4. The van der Waals surface area contributed by atoms with Crippen molar-refractivity contribution in [3.8, 4) is 0 Å². The van der Waals surface area contributed by atoms with E-state index in [1.807, 2.05) is 43.1 Å². The zero-order valence-corrected chi connectivity index (χ0v) is 14.0. The Balaban J connectivity index is 1.94. The predicted molar refractivity (Wildman–Crippen MR) is 92.6 cm³/mol. The van der Waals surface area contributed by atoms with Crippen LogP contribution in [0.3, 0.4) is 0 Å². The molecule has 23 heavy (non-hydrogen) atoms. The fourth-order valence-electron chi connectivity index (χ4n) is 2.22. The molecule has 0 aliphatic heterocycles. The molecule has 0 aliphatic carbocycles. The second-order valence-corrected chi connectivity index (χ2v) is 5.64. The van der Waals surface area contributed by atoms with Gasteiger partial charge < -0.3 is 10.2 Å². The number of anilines is 1. The lowest BCUT2D eigenvalue weighted by Gasteiger charge is -2.17. The lowest BCUT2D eigenvalue weighted by Crippen LogP contribution is -2.25. The molecule has 1 aromatic carbocycles. The van der Waals surface area contributed by atoms with Gasteiger partial charge in [-0.05, 0) is 24.5 Å². The molecule has 0 spiro atoms. The van der Waals surface area contributed by atoms with Crippen LogP contribution in [0.15, 0.2) is 36.7 Å². The van der Waals surface area contributed by atoms with Gasteiger partial charge in [0.15, 0.2) is 0 Å². The molecule has 1 heterocycles. The third-order valence-electron chi connectivity index (χ3n) is 3.81. The highest BCUT2D eigenvalue weighted by atomic mass is 16.1. The van der Waals surface area contributed by atoms with Crippen molar-refractivity contribution >= 4 is 11.7 Å². The van der Waals surface area contributed by atoms with E-state index in [0.717, 1.165) is 36.3 Å². The maximum Gasteiger partial charge on any atom is 0.271 e. The lowest BCUT2D eigenvalue weighted by atomic mass is 10.1. The number of carbonyl (C=O) groups is 1. The van der Waals surface area contributed by atoms with E-state index in [-0.39, 0.29) is 5.91 Å². The standard InChI is InChI=1S/C18H24N4O/c1-4-5-10-22(3)17-13-19-16(12-20-17)18(23)21-11-15-9-7-6-8-14(15)2/h6-9,12-13H,4-5,10-11H2,1-3H3,(H,21,23). The van der Waals surface area contributed by atoms with Gasteiger partial charge in [0.1, 0.15) is 11.5 Å². The Morgan fingerprint density at radius 3 is 2.65 bits per heavy atom. The van der Waals surface area contributed by atoms with Crippen molar-refractivity contribution in [3.05, 3.63) is 53.5 Å². The van der Waals surface area contributed by atoms with E-state index in [4.69, 9.17) is 0 Å². The molecule has 2 rings (SSSR count). The first-order chi connectivity index (χ1) is 11.1. The smallest absolute Gasteiger partial charge is 0.271 e. The summed E-state index contributed by atoms with van der Waals surface area (Å²) in [4.78, 5) is 22.8. The van der Waals surface area contributed by atoms with Crippen LogP contribution < -0.4 is 10.2 Å². The highest BCUT2D eigenvalue weighted by molar-refractivity contribution is 5.91. The Hall–Kier alpha value is -2.43. The van der Waals surface area contributed by atoms with E-state index in [9.17, 15) is 4.79 Å². The van der Waals surface area contributed by atoms with E-state index in [2.05, 4.69) is 22.2 Å². The van der Waals surface area contributed by atoms with Crippen LogP contribution in [0.25, 0.3) is 0 Å². The first-order valence-corrected chi connectivity index (χ1v) is 7.97. The number of hydrogen-bond acceptors (Lipinski definition) is 4. The van der Waals surface area contributed by atoms with Gasteiger partial charge in [-0.15, -0.1) is 0 Å². The van der Waals surface area contributed by atoms with Crippen LogP contribution in [0.2, 0.25) is 0 Å². The minimum atomic E-state index is -0.205. The molecule has 0 radical (unpaired) electrons. The maximum absolute atomic E-state index is 12.2. The zero-order chi connectivity index (χ0) is 16.7. The number of unbranched alkanes of at least 4 members (excludes halogenated alkanes) is 1. The third kappa shape index (κ3) is 4.77. The van der Waals surface area contributed by atoms with E-state index in [1.54, 1.807) is 6.20 Å². The lowest BCUT2D eigenvalue weighted by molar-refractivity contribution is 0.0945. The second kappa shape index (κ2) is 8.27. The van der Waals surface area contributed by atoms with Crippen molar-refractivity contribution in [2.75, 3.05) is 18.5 Å². The average molecular weight is 312 g/mol. The van der Waals surface area contributed by atoms with E-state index < -0.39 is 0 Å². The summed E-state index contributed by atoms with van der Waals surface area (Å²) in [5.41, 5.74) is 2.60. The first kappa shape index (κ1) is 16.9. The van der Waals surface area contributed by atoms with Crippen LogP contribution >= 0.6 is 0 Å². The number of amides is 1. The van der Waals surface area contributed by atoms with Gasteiger partial charge in [0.25, 0.3) is 5.91 Å². The van der Waals surface area contributed by atoms with E-state index in [1.165, 1.54) is 6.20 Å². The minimum Gasteiger partial charge on any atom is -0.358 e. The molecule has 0 saturated heterocycles. The van der Waals surface area contributed by atoms with Crippen LogP contribution in [-0.2, 0) is 6.54 Å². The summed E-state index contributed by atoms with van der Waals surface area (Å²) in [7, 11) is 1.98. The van der Waals surface area contributed by atoms with Crippen molar-refractivity contribution in [2.24, 2.45) is 0 Å². The summed E-state index contributed by atoms with van der Waals surface area (Å²) >= 11 is 0. The van der Waals surface area contributed by atoms with Crippen molar-refractivity contribution in [3.63, 3.8) is 0 Å². The van der Waals surface area contributed by atoms with Crippen molar-refractivity contribution in [2.45, 2.75) is 33.2 Å². The number of aryl methyl sites for hydroxylation is 1. The van der Waals surface area contributed by atoms with Crippen LogP contribution in [0.5, 0.6) is 0 Å². The van der Waals surface area contributed by atoms with Gasteiger partial charge in [-0.1, -0.05) is 37.6 Å². The summed E-state index contributed by atoms with van der Waals surface area (Å²) < 4.78 is 0. The number of aromatic nitrogens is 2. The van der Waals surface area contributed by atoms with Gasteiger partial charge >= 0.3 is 0 Å². The average Bonchev–Trinajstić information content (AvgIpc) is 2.59. The zero-order valence-electron chi connectivity index (χ0n) is 14.0.